The fraction of sp³-hybridized carbons (Fsp3) is 0.763. The predicted molar refractivity (Wildman–Crippen MR) is 285 cm³/mol. The van der Waals surface area contributed by atoms with E-state index in [0.29, 0.717) is 25.7 Å². The minimum absolute atomic E-state index is 0.0602. The van der Waals surface area contributed by atoms with Crippen LogP contribution in [0.3, 0.4) is 0 Å². The van der Waals surface area contributed by atoms with E-state index in [2.05, 4.69) is 63.3 Å². The lowest BCUT2D eigenvalue weighted by Crippen LogP contribution is -2.61. The van der Waals surface area contributed by atoms with E-state index in [1.807, 2.05) is 18.2 Å². The van der Waals surface area contributed by atoms with E-state index >= 15 is 0 Å². The second-order valence-electron chi connectivity index (χ2n) is 19.2. The number of carboxylic acid groups (broad SMARTS) is 1. The van der Waals surface area contributed by atoms with Crippen LogP contribution in [0.25, 0.3) is 0 Å². The highest BCUT2D eigenvalue weighted by Crippen LogP contribution is 2.26. The van der Waals surface area contributed by atoms with Crippen LogP contribution in [-0.4, -0.2) is 89.2 Å². The number of unbranched alkanes of at least 4 members (excludes halogenated alkanes) is 23. The van der Waals surface area contributed by atoms with E-state index < -0.39 is 67.3 Å². The zero-order chi connectivity index (χ0) is 51.8. The first-order valence-electron chi connectivity index (χ1n) is 28.3. The summed E-state index contributed by atoms with van der Waals surface area (Å²) in [5.41, 5.74) is 0. The summed E-state index contributed by atoms with van der Waals surface area (Å²) in [6.07, 6.45) is 45.2. The molecular weight excluding hydrogens is 901 g/mol. The monoisotopic (exact) mass is 1000 g/mol. The molecule has 1 aliphatic heterocycles. The van der Waals surface area contributed by atoms with Crippen molar-refractivity contribution in [2.45, 2.75) is 276 Å². The maximum Gasteiger partial charge on any atom is 0.335 e. The summed E-state index contributed by atoms with van der Waals surface area (Å²) in [7, 11) is 0. The van der Waals surface area contributed by atoms with Gasteiger partial charge in [-0.1, -0.05) is 210 Å². The molecule has 0 aromatic carbocycles. The molecule has 0 amide bonds. The Morgan fingerprint density at radius 3 is 1.41 bits per heavy atom. The van der Waals surface area contributed by atoms with Gasteiger partial charge in [-0.2, -0.15) is 0 Å². The molecule has 1 aliphatic rings. The highest BCUT2D eigenvalue weighted by molar-refractivity contribution is 5.74. The first-order chi connectivity index (χ1) is 34.6. The topological polar surface area (TPSA) is 175 Å². The Hall–Kier alpha value is -3.58. The Kier molecular flexibility index (Phi) is 43.7. The molecule has 71 heavy (non-hydrogen) atoms. The van der Waals surface area contributed by atoms with E-state index in [-0.39, 0.29) is 25.9 Å². The van der Waals surface area contributed by atoms with Gasteiger partial charge in [-0.15, -0.1) is 0 Å². The van der Waals surface area contributed by atoms with Gasteiger partial charge >= 0.3 is 23.9 Å². The Morgan fingerprint density at radius 1 is 0.479 bits per heavy atom. The molecule has 3 N–H and O–H groups in total. The average Bonchev–Trinajstić information content (AvgIpc) is 3.35. The number of rotatable bonds is 47. The third-order valence-corrected chi connectivity index (χ3v) is 12.6. The van der Waals surface area contributed by atoms with Gasteiger partial charge in [-0.3, -0.25) is 14.4 Å². The van der Waals surface area contributed by atoms with Crippen LogP contribution < -0.4 is 0 Å². The number of esters is 3. The number of aliphatic carboxylic acids is 1. The highest BCUT2D eigenvalue weighted by atomic mass is 16.7. The van der Waals surface area contributed by atoms with Crippen LogP contribution in [0.5, 0.6) is 0 Å². The third-order valence-electron chi connectivity index (χ3n) is 12.6. The quantitative estimate of drug-likeness (QED) is 0.0228. The van der Waals surface area contributed by atoms with Crippen molar-refractivity contribution in [2.24, 2.45) is 0 Å². The summed E-state index contributed by atoms with van der Waals surface area (Å²) in [5.74, 6) is -3.22. The van der Waals surface area contributed by atoms with Crippen molar-refractivity contribution < 1.29 is 58.2 Å². The summed E-state index contributed by atoms with van der Waals surface area (Å²) >= 11 is 0. The van der Waals surface area contributed by atoms with Crippen LogP contribution in [0.1, 0.15) is 239 Å². The summed E-state index contributed by atoms with van der Waals surface area (Å²) in [6, 6.07) is 0. The number of ether oxygens (including phenoxy) is 5. The molecule has 1 saturated heterocycles. The molecule has 1 rings (SSSR count). The molecule has 0 radical (unpaired) electrons. The summed E-state index contributed by atoms with van der Waals surface area (Å²) in [6.45, 7) is 5.80. The van der Waals surface area contributed by atoms with Gasteiger partial charge in [0.15, 0.2) is 24.6 Å². The summed E-state index contributed by atoms with van der Waals surface area (Å²) in [4.78, 5) is 50.8. The molecule has 0 aromatic rings. The van der Waals surface area contributed by atoms with Crippen LogP contribution in [-0.2, 0) is 42.9 Å². The van der Waals surface area contributed by atoms with Crippen molar-refractivity contribution in [3.8, 4) is 0 Å². The van der Waals surface area contributed by atoms with Crippen LogP contribution in [0.4, 0.5) is 0 Å². The van der Waals surface area contributed by atoms with Gasteiger partial charge in [0.2, 0.25) is 0 Å². The standard InChI is InChI=1S/C59H100O12/c1-4-7-10-13-16-19-21-23-24-25-26-27-28-30-31-34-36-39-42-45-51(60)67-48-50(69-52(61)46-43-40-37-33-18-15-12-9-6-3)49-68-59-57(55(64)54(63)56(71-59)58(65)66)70-53(62)47-44-41-38-35-32-29-22-20-17-14-11-8-5-2/h8,11,17,20,23-24,29,32,38,41,50,54-57,59,63-64H,4-7,9-10,12-16,18-19,21-22,25-28,30-31,33-37,39-40,42-49H2,1-3H3,(H,65,66)/b11-8-,20-17-,24-23-,32-29-,41-38-. The summed E-state index contributed by atoms with van der Waals surface area (Å²) < 4.78 is 28.2. The highest BCUT2D eigenvalue weighted by Gasteiger charge is 2.50. The minimum atomic E-state index is -1.92. The Balaban J connectivity index is 2.67. The molecule has 12 heteroatoms. The van der Waals surface area contributed by atoms with Crippen molar-refractivity contribution in [1.29, 1.82) is 0 Å². The lowest BCUT2D eigenvalue weighted by atomic mass is 9.98. The zero-order valence-corrected chi connectivity index (χ0v) is 44.7. The second-order valence-corrected chi connectivity index (χ2v) is 19.2. The zero-order valence-electron chi connectivity index (χ0n) is 44.7. The number of carboxylic acids is 1. The molecule has 0 spiro atoms. The van der Waals surface area contributed by atoms with Crippen LogP contribution in [0.2, 0.25) is 0 Å². The van der Waals surface area contributed by atoms with E-state index in [0.717, 1.165) is 57.8 Å². The average molecular weight is 1000 g/mol. The van der Waals surface area contributed by atoms with Crippen molar-refractivity contribution in [3.05, 3.63) is 60.8 Å². The van der Waals surface area contributed by atoms with Gasteiger partial charge in [-0.05, 0) is 70.6 Å². The van der Waals surface area contributed by atoms with Gasteiger partial charge in [0.05, 0.1) is 6.61 Å². The molecule has 0 aromatic heterocycles. The number of carbonyl (C=O) groups excluding carboxylic acids is 3. The molecule has 1 fully saturated rings. The number of carbonyl (C=O) groups is 4. The van der Waals surface area contributed by atoms with Gasteiger partial charge in [0.25, 0.3) is 0 Å². The van der Waals surface area contributed by atoms with E-state index in [9.17, 15) is 34.5 Å². The van der Waals surface area contributed by atoms with Crippen molar-refractivity contribution in [2.75, 3.05) is 13.2 Å². The molecule has 0 aliphatic carbocycles. The van der Waals surface area contributed by atoms with Crippen molar-refractivity contribution >= 4 is 23.9 Å². The molecular formula is C59H100O12. The van der Waals surface area contributed by atoms with Gasteiger partial charge < -0.3 is 39.0 Å². The molecule has 0 bridgehead atoms. The van der Waals surface area contributed by atoms with Crippen molar-refractivity contribution in [3.63, 3.8) is 0 Å². The molecule has 0 saturated carbocycles. The van der Waals surface area contributed by atoms with Crippen LogP contribution in [0, 0.1) is 0 Å². The number of hydrogen-bond acceptors (Lipinski definition) is 11. The fourth-order valence-corrected chi connectivity index (χ4v) is 8.26. The van der Waals surface area contributed by atoms with Crippen LogP contribution >= 0.6 is 0 Å². The SMILES string of the molecule is CC/C=C\C/C=C\C/C=C\C/C=C\CCC(=O)OC1C(OCC(COC(=O)CCCCCCCCCCC/C=C\CCCCCCCC)OC(=O)CCCCCCCCCCC)OC(C(=O)O)C(O)C1O. The van der Waals surface area contributed by atoms with E-state index in [1.54, 1.807) is 0 Å². The smallest absolute Gasteiger partial charge is 0.335 e. The number of aliphatic hydroxyl groups excluding tert-OH is 2. The molecule has 1 heterocycles. The Morgan fingerprint density at radius 2 is 0.915 bits per heavy atom. The first-order valence-corrected chi connectivity index (χ1v) is 28.3. The summed E-state index contributed by atoms with van der Waals surface area (Å²) in [5, 5.41) is 31.3. The lowest BCUT2D eigenvalue weighted by molar-refractivity contribution is -0.301. The Bertz CT molecular complexity index is 1470. The molecule has 6 atom stereocenters. The molecule has 6 unspecified atom stereocenters. The van der Waals surface area contributed by atoms with E-state index in [4.69, 9.17) is 23.7 Å². The van der Waals surface area contributed by atoms with Gasteiger partial charge in [-0.25, -0.2) is 4.79 Å². The minimum Gasteiger partial charge on any atom is -0.479 e. The van der Waals surface area contributed by atoms with Crippen molar-refractivity contribution in [1.82, 2.24) is 0 Å². The molecule has 408 valence electrons. The molecule has 12 nitrogen and oxygen atoms in total. The Labute approximate surface area is 430 Å². The first kappa shape index (κ1) is 65.4. The fourth-order valence-electron chi connectivity index (χ4n) is 8.26. The predicted octanol–water partition coefficient (Wildman–Crippen LogP) is 14.0. The maximum absolute atomic E-state index is 13.0. The largest absolute Gasteiger partial charge is 0.479 e. The normalized spacial score (nSPS) is 18.9. The maximum atomic E-state index is 13.0. The lowest BCUT2D eigenvalue weighted by Gasteiger charge is -2.40. The number of allylic oxidation sites excluding steroid dienone is 10. The van der Waals surface area contributed by atoms with Gasteiger partial charge in [0.1, 0.15) is 18.8 Å². The second kappa shape index (κ2) is 47.4. The third kappa shape index (κ3) is 37.8. The van der Waals surface area contributed by atoms with Gasteiger partial charge in [0, 0.05) is 19.3 Å². The van der Waals surface area contributed by atoms with E-state index in [1.165, 1.54) is 116 Å². The number of aliphatic hydroxyl groups is 2. The van der Waals surface area contributed by atoms with Crippen LogP contribution in [0.15, 0.2) is 60.8 Å². The number of hydrogen-bond donors (Lipinski definition) is 3.